The fourth-order valence-electron chi connectivity index (χ4n) is 1.30. The highest BCUT2D eigenvalue weighted by molar-refractivity contribution is 7.88. The highest BCUT2D eigenvalue weighted by atomic mass is 32.2. The molecule has 0 saturated carbocycles. The summed E-state index contributed by atoms with van der Waals surface area (Å²) in [7, 11) is -3.42. The molecule has 0 radical (unpaired) electrons. The predicted molar refractivity (Wildman–Crippen MR) is 74.6 cm³/mol. The van der Waals surface area contributed by atoms with Crippen LogP contribution in [-0.4, -0.2) is 14.6 Å². The Balaban J connectivity index is 2.76. The molecule has 1 aromatic rings. The van der Waals surface area contributed by atoms with Crippen molar-refractivity contribution < 1.29 is 8.42 Å². The summed E-state index contributed by atoms with van der Waals surface area (Å²) in [6.07, 6.45) is 4.39. The lowest BCUT2D eigenvalue weighted by Gasteiger charge is -2.07. The van der Waals surface area contributed by atoms with Crippen molar-refractivity contribution in [2.24, 2.45) is 4.99 Å². The van der Waals surface area contributed by atoms with Crippen molar-refractivity contribution in [2.45, 2.75) is 12.7 Å². The minimum absolute atomic E-state index is 0.0624. The maximum Gasteiger partial charge on any atom is 0.236 e. The van der Waals surface area contributed by atoms with Gasteiger partial charge in [0.2, 0.25) is 10.0 Å². The minimum atomic E-state index is -3.42. The Bertz CT molecular complexity index is 546. The third kappa shape index (κ3) is 4.97. The van der Waals surface area contributed by atoms with E-state index in [-0.39, 0.29) is 5.75 Å². The summed E-state index contributed by atoms with van der Waals surface area (Å²) < 4.78 is 26.2. The van der Waals surface area contributed by atoms with Crippen molar-refractivity contribution in [3.8, 4) is 0 Å². The molecule has 1 aromatic carbocycles. The third-order valence-electron chi connectivity index (χ3n) is 2.10. The van der Waals surface area contributed by atoms with E-state index in [2.05, 4.69) is 16.3 Å². The van der Waals surface area contributed by atoms with Crippen LogP contribution in [0.3, 0.4) is 0 Å². The molecule has 0 spiro atoms. The molecule has 0 aromatic heterocycles. The summed E-state index contributed by atoms with van der Waals surface area (Å²) in [6.45, 7) is 5.16. The molecule has 0 unspecified atom stereocenters. The van der Waals surface area contributed by atoms with Gasteiger partial charge in [0.05, 0.1) is 17.7 Å². The number of nitrogens with zero attached hydrogens (tertiary/aromatic N) is 1. The Morgan fingerprint density at radius 1 is 1.39 bits per heavy atom. The van der Waals surface area contributed by atoms with Gasteiger partial charge in [0.15, 0.2) is 0 Å². The van der Waals surface area contributed by atoms with Crippen LogP contribution in [0, 0.1) is 0 Å². The van der Waals surface area contributed by atoms with E-state index in [1.54, 1.807) is 37.3 Å². The number of nitrogens with one attached hydrogen (secondary N) is 1. The summed E-state index contributed by atoms with van der Waals surface area (Å²) in [6, 6.07) is 9.00. The van der Waals surface area contributed by atoms with E-state index in [4.69, 9.17) is 0 Å². The Kier molecular flexibility index (Phi) is 5.32. The first-order valence-corrected chi connectivity index (χ1v) is 7.07. The first kappa shape index (κ1) is 14.2. The highest BCUT2D eigenvalue weighted by Crippen LogP contribution is 2.05. The normalized spacial score (nSPS) is 12.6. The zero-order valence-electron chi connectivity index (χ0n) is 10.2. The van der Waals surface area contributed by atoms with Gasteiger partial charge in [-0.3, -0.25) is 9.71 Å². The molecule has 0 amide bonds. The van der Waals surface area contributed by atoms with Crippen molar-refractivity contribution >= 4 is 16.2 Å². The standard InChI is InChI=1S/C13H16N2O2S/c1-3-13(10-14-4-2)15-18(16,17)11-12-8-6-5-7-9-12/h3-10,15H,2,11H2,1H3/b13-3-,14-10?. The molecule has 4 nitrogen and oxygen atoms in total. The van der Waals surface area contributed by atoms with E-state index in [1.165, 1.54) is 12.4 Å². The Labute approximate surface area is 108 Å². The predicted octanol–water partition coefficient (Wildman–Crippen LogP) is 2.22. The van der Waals surface area contributed by atoms with Crippen LogP contribution in [0.5, 0.6) is 0 Å². The van der Waals surface area contributed by atoms with Crippen LogP contribution in [0.15, 0.2) is 59.9 Å². The Morgan fingerprint density at radius 3 is 2.61 bits per heavy atom. The van der Waals surface area contributed by atoms with E-state index >= 15 is 0 Å². The van der Waals surface area contributed by atoms with Crippen LogP contribution < -0.4 is 4.72 Å². The molecule has 0 atom stereocenters. The van der Waals surface area contributed by atoms with E-state index in [9.17, 15) is 8.42 Å². The molecule has 0 bridgehead atoms. The lowest BCUT2D eigenvalue weighted by molar-refractivity contribution is 0.589. The van der Waals surface area contributed by atoms with Crippen LogP contribution >= 0.6 is 0 Å². The summed E-state index contributed by atoms with van der Waals surface area (Å²) in [5, 5.41) is 0. The van der Waals surface area contributed by atoms with Gasteiger partial charge in [-0.15, -0.1) is 0 Å². The topological polar surface area (TPSA) is 58.5 Å². The van der Waals surface area contributed by atoms with E-state index < -0.39 is 10.0 Å². The number of rotatable bonds is 6. The number of allylic oxidation sites excluding steroid dienone is 2. The smallest absolute Gasteiger partial charge is 0.236 e. The molecule has 0 heterocycles. The van der Waals surface area contributed by atoms with Gasteiger partial charge < -0.3 is 0 Å². The number of hydrogen-bond acceptors (Lipinski definition) is 3. The second-order valence-corrected chi connectivity index (χ2v) is 5.27. The maximum absolute atomic E-state index is 11.9. The molecule has 0 aliphatic rings. The van der Waals surface area contributed by atoms with E-state index in [0.717, 1.165) is 5.56 Å². The fraction of sp³-hybridized carbons (Fsp3) is 0.154. The van der Waals surface area contributed by atoms with Gasteiger partial charge in [0.25, 0.3) is 0 Å². The van der Waals surface area contributed by atoms with Crippen molar-refractivity contribution in [2.75, 3.05) is 0 Å². The molecule has 0 saturated heterocycles. The largest absolute Gasteiger partial charge is 0.282 e. The number of aliphatic imine (C=N–C) groups is 1. The molecule has 0 aliphatic carbocycles. The number of sulfonamides is 1. The second kappa shape index (κ2) is 6.76. The van der Waals surface area contributed by atoms with Crippen molar-refractivity contribution in [3.63, 3.8) is 0 Å². The number of hydrogen-bond donors (Lipinski definition) is 1. The zero-order chi connectivity index (χ0) is 13.4. The first-order chi connectivity index (χ1) is 8.57. The number of benzene rings is 1. The monoisotopic (exact) mass is 264 g/mol. The van der Waals surface area contributed by atoms with E-state index in [0.29, 0.717) is 5.70 Å². The van der Waals surface area contributed by atoms with Crippen LogP contribution in [0.2, 0.25) is 0 Å². The van der Waals surface area contributed by atoms with Crippen LogP contribution in [0.25, 0.3) is 0 Å². The van der Waals surface area contributed by atoms with Crippen LogP contribution in [0.4, 0.5) is 0 Å². The van der Waals surface area contributed by atoms with Crippen molar-refractivity contribution in [1.29, 1.82) is 0 Å². The summed E-state index contributed by atoms with van der Waals surface area (Å²) >= 11 is 0. The molecule has 1 rings (SSSR count). The third-order valence-corrected chi connectivity index (χ3v) is 3.36. The molecular formula is C13H16N2O2S. The lowest BCUT2D eigenvalue weighted by atomic mass is 10.2. The molecule has 1 N–H and O–H groups in total. The molecule has 5 heteroatoms. The van der Waals surface area contributed by atoms with Gasteiger partial charge in [0, 0.05) is 6.20 Å². The lowest BCUT2D eigenvalue weighted by Crippen LogP contribution is -2.25. The van der Waals surface area contributed by atoms with Gasteiger partial charge in [-0.25, -0.2) is 8.42 Å². The molecule has 0 aliphatic heterocycles. The Morgan fingerprint density at radius 2 is 2.06 bits per heavy atom. The van der Waals surface area contributed by atoms with Gasteiger partial charge >= 0.3 is 0 Å². The summed E-state index contributed by atoms with van der Waals surface area (Å²) in [5.41, 5.74) is 1.16. The zero-order valence-corrected chi connectivity index (χ0v) is 11.0. The Hall–Kier alpha value is -1.88. The molecule has 18 heavy (non-hydrogen) atoms. The minimum Gasteiger partial charge on any atom is -0.282 e. The van der Waals surface area contributed by atoms with Gasteiger partial charge in [0.1, 0.15) is 0 Å². The fourth-order valence-corrected chi connectivity index (χ4v) is 2.54. The molecule has 0 fully saturated rings. The quantitative estimate of drug-likeness (QED) is 0.801. The van der Waals surface area contributed by atoms with E-state index in [1.807, 2.05) is 6.07 Å². The van der Waals surface area contributed by atoms with Crippen molar-refractivity contribution in [3.05, 3.63) is 60.4 Å². The molecule has 96 valence electrons. The van der Waals surface area contributed by atoms with Crippen molar-refractivity contribution in [1.82, 2.24) is 4.72 Å². The van der Waals surface area contributed by atoms with Gasteiger partial charge in [-0.2, -0.15) is 0 Å². The van der Waals surface area contributed by atoms with Gasteiger partial charge in [-0.1, -0.05) is 43.0 Å². The van der Waals surface area contributed by atoms with Crippen LogP contribution in [0.1, 0.15) is 12.5 Å². The second-order valence-electron chi connectivity index (χ2n) is 3.55. The average molecular weight is 264 g/mol. The average Bonchev–Trinajstić information content (AvgIpc) is 2.35. The molecular weight excluding hydrogens is 248 g/mol. The highest BCUT2D eigenvalue weighted by Gasteiger charge is 2.11. The summed E-state index contributed by atoms with van der Waals surface area (Å²) in [4.78, 5) is 3.78. The summed E-state index contributed by atoms with van der Waals surface area (Å²) in [5.74, 6) is -0.0624. The first-order valence-electron chi connectivity index (χ1n) is 5.42. The van der Waals surface area contributed by atoms with Gasteiger partial charge in [-0.05, 0) is 12.5 Å². The maximum atomic E-state index is 11.9. The van der Waals surface area contributed by atoms with Crippen LogP contribution in [-0.2, 0) is 15.8 Å². The SMILES string of the molecule is C=CN=C/C(=C/C)NS(=O)(=O)Cc1ccccc1.